The molecule has 0 bridgehead atoms. The van der Waals surface area contributed by atoms with Crippen molar-refractivity contribution in [2.24, 2.45) is 5.73 Å². The largest absolute Gasteiger partial charge is 0.389 e. The molecule has 0 radical (unpaired) electrons. The van der Waals surface area contributed by atoms with Gasteiger partial charge in [-0.25, -0.2) is 4.98 Å². The molecule has 0 aromatic carbocycles. The van der Waals surface area contributed by atoms with E-state index in [2.05, 4.69) is 20.4 Å². The van der Waals surface area contributed by atoms with Crippen molar-refractivity contribution in [3.05, 3.63) is 35.1 Å². The molecule has 2 aromatic rings. The number of hydrogen-bond donors (Lipinski definition) is 2. The van der Waals surface area contributed by atoms with Crippen molar-refractivity contribution in [1.82, 2.24) is 15.1 Å². The van der Waals surface area contributed by atoms with Gasteiger partial charge in [-0.2, -0.15) is 4.98 Å². The van der Waals surface area contributed by atoms with Crippen LogP contribution in [0.4, 0.5) is 5.82 Å². The van der Waals surface area contributed by atoms with Crippen molar-refractivity contribution < 1.29 is 4.52 Å². The molecule has 7 heteroatoms. The first-order valence-corrected chi connectivity index (χ1v) is 5.77. The lowest BCUT2D eigenvalue weighted by molar-refractivity contribution is 0.379. The van der Waals surface area contributed by atoms with E-state index in [1.807, 2.05) is 19.1 Å². The third-order valence-electron chi connectivity index (χ3n) is 2.28. The Balaban J connectivity index is 2.17. The fraction of sp³-hybridized carbons (Fsp3) is 0.273. The summed E-state index contributed by atoms with van der Waals surface area (Å²) >= 11 is 4.97. The van der Waals surface area contributed by atoms with Crippen LogP contribution in [-0.4, -0.2) is 20.1 Å². The summed E-state index contributed by atoms with van der Waals surface area (Å²) in [5.74, 6) is 1.71. The van der Waals surface area contributed by atoms with Gasteiger partial charge in [0.05, 0.1) is 12.1 Å². The maximum atomic E-state index is 5.64. The topological polar surface area (TPSA) is 89.9 Å². The van der Waals surface area contributed by atoms with E-state index in [9.17, 15) is 0 Å². The summed E-state index contributed by atoms with van der Waals surface area (Å²) in [6, 6.07) is 3.70. The van der Waals surface area contributed by atoms with Crippen LogP contribution in [0.25, 0.3) is 0 Å². The number of aromatic nitrogens is 3. The Bertz CT molecular complexity index is 581. The van der Waals surface area contributed by atoms with Gasteiger partial charge in [-0.3, -0.25) is 0 Å². The Hall–Kier alpha value is -2.02. The van der Waals surface area contributed by atoms with Gasteiger partial charge in [0.15, 0.2) is 5.82 Å². The Morgan fingerprint density at radius 2 is 2.17 bits per heavy atom. The molecule has 0 aliphatic heterocycles. The first kappa shape index (κ1) is 12.4. The predicted molar refractivity (Wildman–Crippen MR) is 71.2 cm³/mol. The molecule has 2 heterocycles. The number of anilines is 1. The van der Waals surface area contributed by atoms with Gasteiger partial charge in [-0.1, -0.05) is 17.4 Å². The lowest BCUT2D eigenvalue weighted by atomic mass is 10.2. The Kier molecular flexibility index (Phi) is 3.52. The van der Waals surface area contributed by atoms with Crippen LogP contribution >= 0.6 is 12.2 Å². The number of pyridine rings is 1. The highest BCUT2D eigenvalue weighted by Gasteiger charge is 2.09. The summed E-state index contributed by atoms with van der Waals surface area (Å²) in [5.41, 5.74) is 7.21. The molecule has 0 saturated heterocycles. The van der Waals surface area contributed by atoms with Crippen LogP contribution in [0.3, 0.4) is 0 Å². The average molecular weight is 263 g/mol. The summed E-state index contributed by atoms with van der Waals surface area (Å²) in [6.45, 7) is 4.04. The summed E-state index contributed by atoms with van der Waals surface area (Å²) in [5, 5.41) is 6.80. The first-order chi connectivity index (χ1) is 8.56. The highest BCUT2D eigenvalue weighted by Crippen LogP contribution is 2.14. The number of aryl methyl sites for hydroxylation is 2. The smallest absolute Gasteiger partial charge is 0.245 e. The molecule has 0 aliphatic rings. The molecular formula is C11H13N5OS. The van der Waals surface area contributed by atoms with E-state index in [0.717, 1.165) is 5.69 Å². The van der Waals surface area contributed by atoms with Gasteiger partial charge in [-0.05, 0) is 26.0 Å². The summed E-state index contributed by atoms with van der Waals surface area (Å²) in [7, 11) is 0. The van der Waals surface area contributed by atoms with Gasteiger partial charge in [0.25, 0.3) is 0 Å². The monoisotopic (exact) mass is 263 g/mol. The molecule has 3 N–H and O–H groups in total. The van der Waals surface area contributed by atoms with Crippen LogP contribution in [-0.2, 0) is 6.54 Å². The van der Waals surface area contributed by atoms with E-state index in [4.69, 9.17) is 22.5 Å². The second kappa shape index (κ2) is 5.09. The molecule has 2 rings (SSSR count). The standard InChI is InChI=1S/C11H13N5OS/c1-6-3-4-8(10(12)18)11(14-6)13-5-9-15-7(2)16-17-9/h3-4H,5H2,1-2H3,(H2,12,18)(H,13,14). The molecule has 2 aromatic heterocycles. The molecule has 0 spiro atoms. The van der Waals surface area contributed by atoms with Crippen molar-refractivity contribution in [3.63, 3.8) is 0 Å². The van der Waals surface area contributed by atoms with Crippen LogP contribution in [0.15, 0.2) is 16.7 Å². The normalized spacial score (nSPS) is 10.3. The van der Waals surface area contributed by atoms with Crippen molar-refractivity contribution in [3.8, 4) is 0 Å². The summed E-state index contributed by atoms with van der Waals surface area (Å²) in [4.78, 5) is 8.74. The molecule has 6 nitrogen and oxygen atoms in total. The van der Waals surface area contributed by atoms with Crippen molar-refractivity contribution >= 4 is 23.0 Å². The zero-order chi connectivity index (χ0) is 13.1. The molecule has 0 fully saturated rings. The minimum Gasteiger partial charge on any atom is -0.389 e. The van der Waals surface area contributed by atoms with Crippen molar-refractivity contribution in [2.75, 3.05) is 5.32 Å². The van der Waals surface area contributed by atoms with Crippen LogP contribution in [0.5, 0.6) is 0 Å². The average Bonchev–Trinajstić information content (AvgIpc) is 2.72. The second-order valence-electron chi connectivity index (χ2n) is 3.80. The summed E-state index contributed by atoms with van der Waals surface area (Å²) in [6.07, 6.45) is 0. The number of nitrogens with one attached hydrogen (secondary N) is 1. The van der Waals surface area contributed by atoms with Crippen molar-refractivity contribution in [2.45, 2.75) is 20.4 Å². The first-order valence-electron chi connectivity index (χ1n) is 5.37. The van der Waals surface area contributed by atoms with Crippen LogP contribution in [0, 0.1) is 13.8 Å². The van der Waals surface area contributed by atoms with E-state index in [0.29, 0.717) is 34.6 Å². The van der Waals surface area contributed by atoms with Crippen molar-refractivity contribution in [1.29, 1.82) is 0 Å². The molecule has 0 aliphatic carbocycles. The van der Waals surface area contributed by atoms with Crippen LogP contribution in [0.2, 0.25) is 0 Å². The maximum Gasteiger partial charge on any atom is 0.245 e. The number of hydrogen-bond acceptors (Lipinski definition) is 6. The number of thiocarbonyl (C=S) groups is 1. The zero-order valence-corrected chi connectivity index (χ0v) is 10.9. The molecular weight excluding hydrogens is 250 g/mol. The molecule has 0 saturated carbocycles. The lowest BCUT2D eigenvalue weighted by Crippen LogP contribution is -2.15. The number of rotatable bonds is 4. The maximum absolute atomic E-state index is 5.64. The number of nitrogens with two attached hydrogens (primary N) is 1. The minimum atomic E-state index is 0.298. The van der Waals surface area contributed by atoms with E-state index < -0.39 is 0 Å². The Labute approximate surface area is 110 Å². The minimum absolute atomic E-state index is 0.298. The van der Waals surface area contributed by atoms with E-state index in [1.165, 1.54) is 0 Å². The van der Waals surface area contributed by atoms with E-state index in [1.54, 1.807) is 6.92 Å². The zero-order valence-electron chi connectivity index (χ0n) is 10.1. The molecule has 18 heavy (non-hydrogen) atoms. The predicted octanol–water partition coefficient (Wildman–Crippen LogP) is 1.33. The SMILES string of the molecule is Cc1ccc(C(N)=S)c(NCc2nc(C)no2)n1. The van der Waals surface area contributed by atoms with Gasteiger partial charge in [-0.15, -0.1) is 0 Å². The molecule has 0 atom stereocenters. The molecule has 94 valence electrons. The van der Waals surface area contributed by atoms with Gasteiger partial charge in [0.2, 0.25) is 5.89 Å². The Morgan fingerprint density at radius 3 is 2.78 bits per heavy atom. The van der Waals surface area contributed by atoms with Crippen LogP contribution in [0.1, 0.15) is 23.0 Å². The fourth-order valence-corrected chi connectivity index (χ4v) is 1.63. The van der Waals surface area contributed by atoms with Gasteiger partial charge in [0, 0.05) is 5.69 Å². The Morgan fingerprint density at radius 1 is 1.39 bits per heavy atom. The van der Waals surface area contributed by atoms with Gasteiger partial charge < -0.3 is 15.6 Å². The highest BCUT2D eigenvalue weighted by atomic mass is 32.1. The highest BCUT2D eigenvalue weighted by molar-refractivity contribution is 7.80. The number of nitrogens with zero attached hydrogens (tertiary/aromatic N) is 3. The second-order valence-corrected chi connectivity index (χ2v) is 4.24. The van der Waals surface area contributed by atoms with Gasteiger partial charge >= 0.3 is 0 Å². The lowest BCUT2D eigenvalue weighted by Gasteiger charge is -2.09. The summed E-state index contributed by atoms with van der Waals surface area (Å²) < 4.78 is 5.00. The fourth-order valence-electron chi connectivity index (χ4n) is 1.46. The molecule has 0 unspecified atom stereocenters. The third kappa shape index (κ3) is 2.80. The quantitative estimate of drug-likeness (QED) is 0.804. The van der Waals surface area contributed by atoms with Gasteiger partial charge in [0.1, 0.15) is 10.8 Å². The van der Waals surface area contributed by atoms with E-state index >= 15 is 0 Å². The van der Waals surface area contributed by atoms with E-state index in [-0.39, 0.29) is 0 Å². The van der Waals surface area contributed by atoms with Crippen LogP contribution < -0.4 is 11.1 Å². The third-order valence-corrected chi connectivity index (χ3v) is 2.50. The molecule has 0 amide bonds.